The van der Waals surface area contributed by atoms with Crippen LogP contribution in [0.3, 0.4) is 0 Å². The second kappa shape index (κ2) is 6.93. The molecule has 1 amide bonds. The van der Waals surface area contributed by atoms with E-state index in [0.29, 0.717) is 16.1 Å². The molecular formula is C14H9BrCl2N2O2. The summed E-state index contributed by atoms with van der Waals surface area (Å²) in [5.74, 6) is -0.519. The fourth-order valence-corrected chi connectivity index (χ4v) is 2.28. The van der Waals surface area contributed by atoms with Crippen LogP contribution in [-0.2, 0) is 0 Å². The van der Waals surface area contributed by atoms with Crippen LogP contribution >= 0.6 is 39.1 Å². The molecule has 21 heavy (non-hydrogen) atoms. The summed E-state index contributed by atoms with van der Waals surface area (Å²) in [6.07, 6.45) is 1.27. The van der Waals surface area contributed by atoms with Crippen molar-refractivity contribution in [2.75, 3.05) is 0 Å². The molecule has 0 unspecified atom stereocenters. The van der Waals surface area contributed by atoms with Gasteiger partial charge < -0.3 is 5.11 Å². The number of phenolic OH excluding ortho intramolecular Hbond substituents is 1. The second-order valence-corrected chi connectivity index (χ2v) is 5.79. The zero-order chi connectivity index (χ0) is 15.4. The molecular weight excluding hydrogens is 379 g/mol. The number of nitrogens with one attached hydrogen (secondary N) is 1. The topological polar surface area (TPSA) is 61.7 Å². The highest BCUT2D eigenvalue weighted by atomic mass is 79.9. The van der Waals surface area contributed by atoms with E-state index in [2.05, 4.69) is 26.5 Å². The summed E-state index contributed by atoms with van der Waals surface area (Å²) in [7, 11) is 0. The lowest BCUT2D eigenvalue weighted by atomic mass is 10.2. The minimum Gasteiger partial charge on any atom is -0.506 e. The molecule has 2 rings (SSSR count). The Balaban J connectivity index is 2.09. The molecule has 0 aliphatic heterocycles. The first-order valence-electron chi connectivity index (χ1n) is 5.74. The minimum absolute atomic E-state index is 0.114. The van der Waals surface area contributed by atoms with E-state index >= 15 is 0 Å². The number of halogens is 3. The summed E-state index contributed by atoms with van der Waals surface area (Å²) in [5, 5.41) is 14.0. The fraction of sp³-hybridized carbons (Fsp3) is 0. The Bertz CT molecular complexity index is 703. The van der Waals surface area contributed by atoms with E-state index in [1.54, 1.807) is 24.3 Å². The maximum absolute atomic E-state index is 11.8. The molecule has 0 saturated carbocycles. The van der Waals surface area contributed by atoms with Gasteiger partial charge in [-0.15, -0.1) is 0 Å². The van der Waals surface area contributed by atoms with Gasteiger partial charge in [0.05, 0.1) is 11.2 Å². The number of phenols is 1. The first-order valence-corrected chi connectivity index (χ1v) is 7.29. The lowest BCUT2D eigenvalue weighted by Crippen LogP contribution is -2.17. The summed E-state index contributed by atoms with van der Waals surface area (Å²) in [6.45, 7) is 0. The predicted molar refractivity (Wildman–Crippen MR) is 87.3 cm³/mol. The van der Waals surface area contributed by atoms with Crippen molar-refractivity contribution in [1.82, 2.24) is 5.43 Å². The Morgan fingerprint density at radius 3 is 2.57 bits per heavy atom. The monoisotopic (exact) mass is 386 g/mol. The van der Waals surface area contributed by atoms with Crippen LogP contribution in [0.4, 0.5) is 0 Å². The maximum atomic E-state index is 11.8. The quantitative estimate of drug-likeness (QED) is 0.611. The average Bonchev–Trinajstić information content (AvgIpc) is 2.44. The number of nitrogens with zero attached hydrogens (tertiary/aromatic N) is 1. The largest absolute Gasteiger partial charge is 0.506 e. The van der Waals surface area contributed by atoms with Gasteiger partial charge in [0.1, 0.15) is 5.75 Å². The van der Waals surface area contributed by atoms with Gasteiger partial charge in [0.25, 0.3) is 5.91 Å². The molecule has 0 atom stereocenters. The Kier molecular flexibility index (Phi) is 5.22. The van der Waals surface area contributed by atoms with Crippen LogP contribution in [-0.4, -0.2) is 17.2 Å². The Labute approximate surface area is 139 Å². The summed E-state index contributed by atoms with van der Waals surface area (Å²) < 4.78 is 0.876. The van der Waals surface area contributed by atoms with Crippen LogP contribution in [0.1, 0.15) is 15.9 Å². The Hall–Kier alpha value is -1.56. The van der Waals surface area contributed by atoms with Crippen molar-refractivity contribution in [1.29, 1.82) is 0 Å². The van der Waals surface area contributed by atoms with Crippen LogP contribution in [0.15, 0.2) is 46.0 Å². The number of hydrogen-bond donors (Lipinski definition) is 2. The Morgan fingerprint density at radius 1 is 1.24 bits per heavy atom. The molecule has 0 radical (unpaired) electrons. The maximum Gasteiger partial charge on any atom is 0.271 e. The van der Waals surface area contributed by atoms with E-state index in [1.165, 1.54) is 18.3 Å². The van der Waals surface area contributed by atoms with Crippen molar-refractivity contribution in [2.24, 2.45) is 5.10 Å². The molecule has 2 aromatic rings. The molecule has 0 aliphatic rings. The molecule has 108 valence electrons. The van der Waals surface area contributed by atoms with Crippen LogP contribution < -0.4 is 5.43 Å². The number of benzene rings is 2. The molecule has 0 bridgehead atoms. The summed E-state index contributed by atoms with van der Waals surface area (Å²) in [4.78, 5) is 11.8. The number of rotatable bonds is 3. The molecule has 0 fully saturated rings. The van der Waals surface area contributed by atoms with Crippen molar-refractivity contribution in [3.05, 3.63) is 62.0 Å². The molecule has 0 saturated heterocycles. The lowest BCUT2D eigenvalue weighted by Gasteiger charge is -2.03. The van der Waals surface area contributed by atoms with Crippen LogP contribution in [0.2, 0.25) is 10.0 Å². The zero-order valence-corrected chi connectivity index (χ0v) is 13.6. The third-order valence-electron chi connectivity index (χ3n) is 2.53. The molecule has 0 aromatic heterocycles. The normalized spacial score (nSPS) is 10.8. The number of hydrogen-bond acceptors (Lipinski definition) is 3. The number of carbonyl (C=O) groups excluding carboxylic acids is 1. The van der Waals surface area contributed by atoms with Gasteiger partial charge >= 0.3 is 0 Å². The van der Waals surface area contributed by atoms with E-state index in [4.69, 9.17) is 23.2 Å². The van der Waals surface area contributed by atoms with Crippen molar-refractivity contribution < 1.29 is 9.90 Å². The molecule has 2 aromatic carbocycles. The average molecular weight is 388 g/mol. The van der Waals surface area contributed by atoms with Gasteiger partial charge in [-0.3, -0.25) is 4.79 Å². The second-order valence-electron chi connectivity index (χ2n) is 4.03. The molecule has 0 aliphatic carbocycles. The number of amides is 1. The van der Waals surface area contributed by atoms with Crippen molar-refractivity contribution in [2.45, 2.75) is 0 Å². The van der Waals surface area contributed by atoms with Crippen molar-refractivity contribution in [3.63, 3.8) is 0 Å². The van der Waals surface area contributed by atoms with Crippen LogP contribution in [0.25, 0.3) is 0 Å². The van der Waals surface area contributed by atoms with Gasteiger partial charge in [-0.1, -0.05) is 39.1 Å². The minimum atomic E-state index is -0.369. The highest BCUT2D eigenvalue weighted by molar-refractivity contribution is 9.10. The van der Waals surface area contributed by atoms with Gasteiger partial charge in [0.15, 0.2) is 0 Å². The predicted octanol–water partition coefficient (Wildman–Crippen LogP) is 4.23. The highest BCUT2D eigenvalue weighted by Gasteiger charge is 2.07. The van der Waals surface area contributed by atoms with Gasteiger partial charge in [0.2, 0.25) is 0 Å². The van der Waals surface area contributed by atoms with E-state index in [9.17, 15) is 9.90 Å². The van der Waals surface area contributed by atoms with Gasteiger partial charge in [0, 0.05) is 20.6 Å². The third-order valence-corrected chi connectivity index (χ3v) is 3.57. The summed E-state index contributed by atoms with van der Waals surface area (Å²) in [5.41, 5.74) is 3.12. The molecule has 0 spiro atoms. The van der Waals surface area contributed by atoms with Gasteiger partial charge in [-0.25, -0.2) is 5.43 Å². The van der Waals surface area contributed by atoms with Crippen LogP contribution in [0.5, 0.6) is 5.75 Å². The zero-order valence-electron chi connectivity index (χ0n) is 10.5. The van der Waals surface area contributed by atoms with E-state index in [1.807, 2.05) is 0 Å². The number of aromatic hydroxyl groups is 1. The first kappa shape index (κ1) is 15.8. The van der Waals surface area contributed by atoms with E-state index in [0.717, 1.165) is 4.47 Å². The van der Waals surface area contributed by atoms with Crippen molar-refractivity contribution in [3.8, 4) is 5.75 Å². The molecule has 2 N–H and O–H groups in total. The lowest BCUT2D eigenvalue weighted by molar-refractivity contribution is 0.0955. The standard InChI is InChI=1S/C14H9BrCl2N2O2/c15-10-3-1-8(2-4-10)14(21)19-18-7-9-5-11(16)6-12(17)13(9)20/h1-7,20H,(H,19,21)/b18-7+. The summed E-state index contributed by atoms with van der Waals surface area (Å²) in [6, 6.07) is 9.71. The number of hydrazone groups is 1. The van der Waals surface area contributed by atoms with Gasteiger partial charge in [-0.05, 0) is 36.4 Å². The first-order chi connectivity index (χ1) is 9.97. The summed E-state index contributed by atoms with van der Waals surface area (Å²) >= 11 is 14.9. The smallest absolute Gasteiger partial charge is 0.271 e. The highest BCUT2D eigenvalue weighted by Crippen LogP contribution is 2.29. The van der Waals surface area contributed by atoms with Crippen molar-refractivity contribution >= 4 is 51.3 Å². The van der Waals surface area contributed by atoms with E-state index in [-0.39, 0.29) is 16.7 Å². The SMILES string of the molecule is O=C(N/N=C/c1cc(Cl)cc(Cl)c1O)c1ccc(Br)cc1. The fourth-order valence-electron chi connectivity index (χ4n) is 1.51. The molecule has 4 nitrogen and oxygen atoms in total. The third kappa shape index (κ3) is 4.20. The number of carbonyl (C=O) groups is 1. The van der Waals surface area contributed by atoms with Crippen LogP contribution in [0, 0.1) is 0 Å². The molecule has 0 heterocycles. The Morgan fingerprint density at radius 2 is 1.90 bits per heavy atom. The van der Waals surface area contributed by atoms with Gasteiger partial charge in [-0.2, -0.15) is 5.10 Å². The van der Waals surface area contributed by atoms with E-state index < -0.39 is 0 Å². The molecule has 7 heteroatoms.